The molecule has 0 aromatic rings. The van der Waals surface area contributed by atoms with Gasteiger partial charge < -0.3 is 32.5 Å². The van der Waals surface area contributed by atoms with E-state index in [1.807, 2.05) is 13.8 Å². The van der Waals surface area contributed by atoms with Gasteiger partial charge in [0.05, 0.1) is 6.04 Å². The average molecular weight is 387 g/mol. The lowest BCUT2D eigenvalue weighted by Crippen LogP contribution is -2.56. The number of rotatable bonds is 12. The molecule has 0 aliphatic carbocycles. The van der Waals surface area contributed by atoms with Crippen LogP contribution in [0.15, 0.2) is 0 Å². The molecule has 0 aromatic heterocycles. The Labute approximate surface area is 157 Å². The molecule has 11 nitrogen and oxygen atoms in total. The molecule has 0 heterocycles. The van der Waals surface area contributed by atoms with Crippen LogP contribution >= 0.6 is 0 Å². The maximum atomic E-state index is 12.5. The van der Waals surface area contributed by atoms with Crippen molar-refractivity contribution >= 4 is 29.6 Å². The van der Waals surface area contributed by atoms with Crippen LogP contribution in [0.1, 0.15) is 40.0 Å². The minimum absolute atomic E-state index is 0.0219. The van der Waals surface area contributed by atoms with Crippen LogP contribution in [0.5, 0.6) is 0 Å². The third kappa shape index (κ3) is 10.8. The fourth-order valence-electron chi connectivity index (χ4n) is 2.12. The van der Waals surface area contributed by atoms with Gasteiger partial charge in [0.25, 0.3) is 0 Å². The fraction of sp³-hybridized carbons (Fsp3) is 0.688. The molecule has 0 rings (SSSR count). The Morgan fingerprint density at radius 2 is 1.48 bits per heavy atom. The fourth-order valence-corrected chi connectivity index (χ4v) is 2.12. The smallest absolute Gasteiger partial charge is 0.322 e. The number of aliphatic carboxylic acids is 1. The topological polar surface area (TPSA) is 194 Å². The summed E-state index contributed by atoms with van der Waals surface area (Å²) in [5, 5.41) is 15.8. The van der Waals surface area contributed by atoms with Crippen molar-refractivity contribution in [3.05, 3.63) is 0 Å². The van der Waals surface area contributed by atoms with E-state index < -0.39 is 54.3 Å². The Balaban J connectivity index is 5.19. The van der Waals surface area contributed by atoms with Crippen LogP contribution in [0.2, 0.25) is 0 Å². The first-order chi connectivity index (χ1) is 12.4. The number of nitrogens with two attached hydrogens (primary N) is 2. The first-order valence-corrected chi connectivity index (χ1v) is 8.58. The highest BCUT2D eigenvalue weighted by Gasteiger charge is 2.28. The molecule has 0 bridgehead atoms. The molecule has 0 saturated heterocycles. The van der Waals surface area contributed by atoms with Crippen molar-refractivity contribution in [2.75, 3.05) is 6.54 Å². The number of carboxylic acids is 1. The lowest BCUT2D eigenvalue weighted by molar-refractivity contribution is -0.138. The molecule has 0 aromatic carbocycles. The van der Waals surface area contributed by atoms with Crippen molar-refractivity contribution in [1.82, 2.24) is 16.0 Å². The standard InChI is InChI=1S/C16H29N5O6/c1-8(2)6-11(15(26)19-7-13(23)24)21-16(27)10(4-5-12(18)22)20-14(25)9(3)17/h8-11H,4-7,17H2,1-3H3,(H2,18,22)(H,19,26)(H,20,25)(H,21,27)(H,23,24). The largest absolute Gasteiger partial charge is 0.480 e. The van der Waals surface area contributed by atoms with Crippen molar-refractivity contribution < 1.29 is 29.1 Å². The maximum Gasteiger partial charge on any atom is 0.322 e. The van der Waals surface area contributed by atoms with E-state index in [0.717, 1.165) is 0 Å². The van der Waals surface area contributed by atoms with Crippen LogP contribution in [-0.2, 0) is 24.0 Å². The van der Waals surface area contributed by atoms with Gasteiger partial charge in [-0.15, -0.1) is 0 Å². The molecule has 8 N–H and O–H groups in total. The third-order valence-corrected chi connectivity index (χ3v) is 3.48. The van der Waals surface area contributed by atoms with Gasteiger partial charge in [-0.1, -0.05) is 13.8 Å². The van der Waals surface area contributed by atoms with Crippen LogP contribution in [0.4, 0.5) is 0 Å². The molecule has 0 spiro atoms. The van der Waals surface area contributed by atoms with Gasteiger partial charge in [-0.05, 0) is 25.7 Å². The van der Waals surface area contributed by atoms with Gasteiger partial charge in [-0.25, -0.2) is 0 Å². The number of hydrogen-bond donors (Lipinski definition) is 6. The van der Waals surface area contributed by atoms with Gasteiger partial charge in [0.15, 0.2) is 0 Å². The molecule has 0 fully saturated rings. The second kappa shape index (κ2) is 11.8. The van der Waals surface area contributed by atoms with E-state index in [-0.39, 0.29) is 25.2 Å². The molecule has 154 valence electrons. The number of carboxylic acid groups (broad SMARTS) is 1. The zero-order valence-corrected chi connectivity index (χ0v) is 15.8. The van der Waals surface area contributed by atoms with E-state index >= 15 is 0 Å². The van der Waals surface area contributed by atoms with Crippen LogP contribution < -0.4 is 27.4 Å². The van der Waals surface area contributed by atoms with E-state index in [9.17, 15) is 24.0 Å². The molecular formula is C16H29N5O6. The van der Waals surface area contributed by atoms with Crippen molar-refractivity contribution in [1.29, 1.82) is 0 Å². The Morgan fingerprint density at radius 1 is 0.926 bits per heavy atom. The number of nitrogens with one attached hydrogen (secondary N) is 3. The molecular weight excluding hydrogens is 358 g/mol. The zero-order valence-electron chi connectivity index (χ0n) is 15.8. The lowest BCUT2D eigenvalue weighted by atomic mass is 10.0. The highest BCUT2D eigenvalue weighted by Crippen LogP contribution is 2.07. The molecule has 0 saturated carbocycles. The summed E-state index contributed by atoms with van der Waals surface area (Å²) in [5.41, 5.74) is 10.6. The van der Waals surface area contributed by atoms with Crippen molar-refractivity contribution in [2.24, 2.45) is 17.4 Å². The second-order valence-electron chi connectivity index (χ2n) is 6.66. The van der Waals surface area contributed by atoms with Crippen LogP contribution in [0.25, 0.3) is 0 Å². The molecule has 3 atom stereocenters. The summed E-state index contributed by atoms with van der Waals surface area (Å²) in [6, 6.07) is -2.99. The first kappa shape index (κ1) is 24.3. The van der Waals surface area contributed by atoms with E-state index in [1.165, 1.54) is 6.92 Å². The first-order valence-electron chi connectivity index (χ1n) is 8.58. The summed E-state index contributed by atoms with van der Waals surface area (Å²) >= 11 is 0. The minimum Gasteiger partial charge on any atom is -0.480 e. The molecule has 27 heavy (non-hydrogen) atoms. The summed E-state index contributed by atoms with van der Waals surface area (Å²) in [6.07, 6.45) is 0.0309. The van der Waals surface area contributed by atoms with Crippen LogP contribution in [-0.4, -0.2) is 59.4 Å². The Kier molecular flexibility index (Phi) is 10.7. The Hall–Kier alpha value is -2.69. The number of hydrogen-bond acceptors (Lipinski definition) is 6. The second-order valence-corrected chi connectivity index (χ2v) is 6.66. The summed E-state index contributed by atoms with van der Waals surface area (Å²) in [6.45, 7) is 4.49. The van der Waals surface area contributed by atoms with Gasteiger partial charge in [0.2, 0.25) is 23.6 Å². The normalized spacial score (nSPS) is 14.0. The van der Waals surface area contributed by atoms with Gasteiger partial charge in [0, 0.05) is 6.42 Å². The molecule has 11 heteroatoms. The summed E-state index contributed by atoms with van der Waals surface area (Å²) in [4.78, 5) is 58.1. The predicted molar refractivity (Wildman–Crippen MR) is 96.0 cm³/mol. The van der Waals surface area contributed by atoms with E-state index in [1.54, 1.807) is 0 Å². The highest BCUT2D eigenvalue weighted by molar-refractivity contribution is 5.93. The quantitative estimate of drug-likeness (QED) is 0.219. The van der Waals surface area contributed by atoms with E-state index in [4.69, 9.17) is 16.6 Å². The Morgan fingerprint density at radius 3 is 1.93 bits per heavy atom. The molecule has 3 unspecified atom stereocenters. The van der Waals surface area contributed by atoms with Crippen molar-refractivity contribution in [3.8, 4) is 0 Å². The molecule has 0 radical (unpaired) electrons. The van der Waals surface area contributed by atoms with Gasteiger partial charge in [0.1, 0.15) is 18.6 Å². The van der Waals surface area contributed by atoms with Gasteiger partial charge in [-0.2, -0.15) is 0 Å². The lowest BCUT2D eigenvalue weighted by Gasteiger charge is -2.24. The molecule has 0 aliphatic rings. The van der Waals surface area contributed by atoms with Crippen LogP contribution in [0.3, 0.4) is 0 Å². The summed E-state index contributed by atoms with van der Waals surface area (Å²) < 4.78 is 0. The number of amides is 4. The third-order valence-electron chi connectivity index (χ3n) is 3.48. The predicted octanol–water partition coefficient (Wildman–Crippen LogP) is -2.18. The van der Waals surface area contributed by atoms with Gasteiger partial charge >= 0.3 is 5.97 Å². The number of carbonyl (C=O) groups is 5. The molecule has 0 aliphatic heterocycles. The maximum absolute atomic E-state index is 12.5. The van der Waals surface area contributed by atoms with Gasteiger partial charge in [-0.3, -0.25) is 24.0 Å². The summed E-state index contributed by atoms with van der Waals surface area (Å²) in [7, 11) is 0. The van der Waals surface area contributed by atoms with E-state index in [0.29, 0.717) is 0 Å². The van der Waals surface area contributed by atoms with Crippen LogP contribution in [0, 0.1) is 5.92 Å². The van der Waals surface area contributed by atoms with E-state index in [2.05, 4.69) is 16.0 Å². The van der Waals surface area contributed by atoms with Crippen molar-refractivity contribution in [3.63, 3.8) is 0 Å². The monoisotopic (exact) mass is 387 g/mol. The average Bonchev–Trinajstić information content (AvgIpc) is 2.54. The zero-order chi connectivity index (χ0) is 21.1. The number of carbonyl (C=O) groups excluding carboxylic acids is 4. The SMILES string of the molecule is CC(C)CC(NC(=O)C(CCC(N)=O)NC(=O)C(C)N)C(=O)NCC(=O)O. The highest BCUT2D eigenvalue weighted by atomic mass is 16.4. The van der Waals surface area contributed by atoms with Crippen molar-refractivity contribution in [2.45, 2.75) is 58.2 Å². The molecule has 4 amide bonds. The Bertz CT molecular complexity index is 564. The summed E-state index contributed by atoms with van der Waals surface area (Å²) in [5.74, 6) is -3.81. The number of primary amides is 1. The minimum atomic E-state index is -1.22.